The number of hydrogen-bond donors (Lipinski definition) is 0. The summed E-state index contributed by atoms with van der Waals surface area (Å²) in [6.45, 7) is 0. The Kier molecular flexibility index (Phi) is 1.49. The first-order valence-corrected chi connectivity index (χ1v) is 3.49. The fourth-order valence-electron chi connectivity index (χ4n) is 0.981. The predicted molar refractivity (Wildman–Crippen MR) is 46.3 cm³/mol. The third kappa shape index (κ3) is 1.02. The van der Waals surface area contributed by atoms with Gasteiger partial charge in [0.15, 0.2) is 5.65 Å². The molecule has 0 saturated heterocycles. The van der Waals surface area contributed by atoms with Crippen molar-refractivity contribution >= 4 is 11.0 Å². The van der Waals surface area contributed by atoms with Gasteiger partial charge in [0, 0.05) is 17.6 Å². The molecule has 0 unspecified atom stereocenters. The summed E-state index contributed by atoms with van der Waals surface area (Å²) in [4.78, 5) is 8.15. The summed E-state index contributed by atoms with van der Waals surface area (Å²) in [5.41, 5.74) is 1.28. The Balaban J connectivity index is 2.78. The third-order valence-electron chi connectivity index (χ3n) is 1.55. The van der Waals surface area contributed by atoms with Gasteiger partial charge in [0.25, 0.3) is 0 Å². The number of fused-ring (bicyclic) bond motifs is 1. The molecule has 55 valence electrons. The fourth-order valence-corrected chi connectivity index (χ4v) is 0.981. The summed E-state index contributed by atoms with van der Waals surface area (Å²) in [5, 5.41) is 0.955. The highest BCUT2D eigenvalue weighted by atomic mass is 14.8. The summed E-state index contributed by atoms with van der Waals surface area (Å²) < 4.78 is 0. The van der Waals surface area contributed by atoms with E-state index in [1.807, 2.05) is 12.1 Å². The van der Waals surface area contributed by atoms with E-state index in [9.17, 15) is 0 Å². The van der Waals surface area contributed by atoms with Crippen molar-refractivity contribution in [1.29, 1.82) is 0 Å². The van der Waals surface area contributed by atoms with Gasteiger partial charge in [0.05, 0.1) is 0 Å². The van der Waals surface area contributed by atoms with Crippen LogP contribution in [-0.4, -0.2) is 9.97 Å². The van der Waals surface area contributed by atoms with Crippen molar-refractivity contribution in [2.24, 2.45) is 0 Å². The molecule has 1 radical (unpaired) electrons. The second-order valence-corrected chi connectivity index (χ2v) is 2.32. The van der Waals surface area contributed by atoms with Crippen molar-refractivity contribution in [2.75, 3.05) is 0 Å². The Morgan fingerprint density at radius 1 is 1.42 bits per heavy atom. The first kappa shape index (κ1) is 6.81. The van der Waals surface area contributed by atoms with Crippen molar-refractivity contribution in [3.05, 3.63) is 36.2 Å². The van der Waals surface area contributed by atoms with Crippen LogP contribution < -0.4 is 0 Å². The highest BCUT2D eigenvalue weighted by Crippen LogP contribution is 2.07. The van der Waals surface area contributed by atoms with Gasteiger partial charge in [-0.2, -0.15) is 0 Å². The van der Waals surface area contributed by atoms with Gasteiger partial charge in [-0.1, -0.05) is 5.92 Å². The van der Waals surface area contributed by atoms with Crippen molar-refractivity contribution < 1.29 is 0 Å². The summed E-state index contributed by atoms with van der Waals surface area (Å²) in [6, 6.07) is 8.38. The molecule has 0 spiro atoms. The maximum Gasteiger partial charge on any atom is 0.160 e. The molecule has 0 atom stereocenters. The monoisotopic (exact) mass is 153 g/mol. The number of aromatic nitrogens is 2. The van der Waals surface area contributed by atoms with Crippen LogP contribution in [-0.2, 0) is 0 Å². The van der Waals surface area contributed by atoms with E-state index in [0.717, 1.165) is 5.39 Å². The SMILES string of the molecule is C#Cc1ccc2c[c]cnc2n1. The lowest BCUT2D eigenvalue weighted by Gasteiger charge is -1.94. The van der Waals surface area contributed by atoms with Crippen molar-refractivity contribution in [3.63, 3.8) is 0 Å². The summed E-state index contributed by atoms with van der Waals surface area (Å²) >= 11 is 0. The topological polar surface area (TPSA) is 25.8 Å². The third-order valence-corrected chi connectivity index (χ3v) is 1.55. The molecular weight excluding hydrogens is 148 g/mol. The molecule has 2 aromatic heterocycles. The molecule has 2 heterocycles. The van der Waals surface area contributed by atoms with Crippen molar-refractivity contribution in [3.8, 4) is 12.3 Å². The molecule has 0 fully saturated rings. The second-order valence-electron chi connectivity index (χ2n) is 2.32. The van der Waals surface area contributed by atoms with Crippen molar-refractivity contribution in [2.45, 2.75) is 0 Å². The quantitative estimate of drug-likeness (QED) is 0.535. The van der Waals surface area contributed by atoms with Crippen LogP contribution in [0.5, 0.6) is 0 Å². The zero-order valence-corrected chi connectivity index (χ0v) is 6.28. The van der Waals surface area contributed by atoms with Crippen LogP contribution in [0.1, 0.15) is 5.69 Å². The molecule has 0 amide bonds. The van der Waals surface area contributed by atoms with Gasteiger partial charge in [-0.3, -0.25) is 0 Å². The van der Waals surface area contributed by atoms with Crippen molar-refractivity contribution in [1.82, 2.24) is 9.97 Å². The van der Waals surface area contributed by atoms with Crippen LogP contribution in [0.4, 0.5) is 0 Å². The van der Waals surface area contributed by atoms with Crippen LogP contribution in [0, 0.1) is 18.4 Å². The van der Waals surface area contributed by atoms with Crippen LogP contribution in [0.3, 0.4) is 0 Å². The lowest BCUT2D eigenvalue weighted by atomic mass is 10.2. The van der Waals surface area contributed by atoms with E-state index in [-0.39, 0.29) is 0 Å². The molecular formula is C10H5N2. The minimum Gasteiger partial charge on any atom is -0.236 e. The number of rotatable bonds is 0. The maximum absolute atomic E-state index is 5.19. The fraction of sp³-hybridized carbons (Fsp3) is 0. The van der Waals surface area contributed by atoms with E-state index in [0.29, 0.717) is 11.3 Å². The Labute approximate surface area is 70.3 Å². The van der Waals surface area contributed by atoms with Gasteiger partial charge in [-0.05, 0) is 18.2 Å². The smallest absolute Gasteiger partial charge is 0.160 e. The normalized spacial score (nSPS) is 9.58. The minimum atomic E-state index is 0.612. The Hall–Kier alpha value is -1.88. The minimum absolute atomic E-state index is 0.612. The predicted octanol–water partition coefficient (Wildman–Crippen LogP) is 1.41. The molecule has 12 heavy (non-hydrogen) atoms. The van der Waals surface area contributed by atoms with Gasteiger partial charge in [0.2, 0.25) is 0 Å². The van der Waals surface area contributed by atoms with E-state index in [2.05, 4.69) is 22.0 Å². The van der Waals surface area contributed by atoms with Crippen LogP contribution in [0.15, 0.2) is 24.4 Å². The van der Waals surface area contributed by atoms with E-state index >= 15 is 0 Å². The number of pyridine rings is 2. The zero-order chi connectivity index (χ0) is 8.39. The Morgan fingerprint density at radius 2 is 2.33 bits per heavy atom. The Bertz CT molecular complexity index is 455. The van der Waals surface area contributed by atoms with Crippen LogP contribution in [0.25, 0.3) is 11.0 Å². The van der Waals surface area contributed by atoms with Crippen LogP contribution in [0.2, 0.25) is 0 Å². The largest absolute Gasteiger partial charge is 0.236 e. The average Bonchev–Trinajstić information content (AvgIpc) is 2.17. The highest BCUT2D eigenvalue weighted by molar-refractivity contribution is 5.74. The van der Waals surface area contributed by atoms with Gasteiger partial charge in [0.1, 0.15) is 5.69 Å². The van der Waals surface area contributed by atoms with E-state index in [1.54, 1.807) is 12.3 Å². The molecule has 2 aromatic rings. The van der Waals surface area contributed by atoms with E-state index in [4.69, 9.17) is 6.42 Å². The average molecular weight is 153 g/mol. The molecule has 2 heteroatoms. The number of nitrogens with zero attached hydrogens (tertiary/aromatic N) is 2. The summed E-state index contributed by atoms with van der Waals surface area (Å²) in [6.07, 6.45) is 6.77. The molecule has 0 aliphatic heterocycles. The van der Waals surface area contributed by atoms with Gasteiger partial charge >= 0.3 is 0 Å². The second kappa shape index (κ2) is 2.63. The highest BCUT2D eigenvalue weighted by Gasteiger charge is 1.94. The lowest BCUT2D eigenvalue weighted by Crippen LogP contribution is -1.85. The van der Waals surface area contributed by atoms with Crippen LogP contribution >= 0.6 is 0 Å². The summed E-state index contributed by atoms with van der Waals surface area (Å²) in [5.74, 6) is 2.46. The van der Waals surface area contributed by atoms with E-state index < -0.39 is 0 Å². The molecule has 0 N–H and O–H groups in total. The zero-order valence-electron chi connectivity index (χ0n) is 6.28. The number of hydrogen-bond acceptors (Lipinski definition) is 2. The molecule has 2 nitrogen and oxygen atoms in total. The molecule has 0 aliphatic carbocycles. The standard InChI is InChI=1S/C10H5N2/c1-2-9-6-5-8-4-3-7-11-10(8)12-9/h1,4-7H. The van der Waals surface area contributed by atoms with E-state index in [1.165, 1.54) is 0 Å². The lowest BCUT2D eigenvalue weighted by molar-refractivity contribution is 1.26. The maximum atomic E-state index is 5.19. The van der Waals surface area contributed by atoms with Gasteiger partial charge < -0.3 is 0 Å². The Morgan fingerprint density at radius 3 is 3.17 bits per heavy atom. The molecule has 0 bridgehead atoms. The molecule has 0 aliphatic rings. The number of terminal acetylenes is 1. The molecule has 2 rings (SSSR count). The van der Waals surface area contributed by atoms with Gasteiger partial charge in [-0.25, -0.2) is 9.97 Å². The first-order chi connectivity index (χ1) is 5.90. The summed E-state index contributed by atoms with van der Waals surface area (Å²) in [7, 11) is 0. The first-order valence-electron chi connectivity index (χ1n) is 3.49. The van der Waals surface area contributed by atoms with Gasteiger partial charge in [-0.15, -0.1) is 6.42 Å². The molecule has 0 aromatic carbocycles. The molecule has 0 saturated carbocycles.